The molecule has 0 spiro atoms. The van der Waals surface area contributed by atoms with Crippen molar-refractivity contribution in [1.82, 2.24) is 10.3 Å². The van der Waals surface area contributed by atoms with E-state index >= 15 is 0 Å². The minimum absolute atomic E-state index is 0.0448. The van der Waals surface area contributed by atoms with Crippen molar-refractivity contribution in [2.75, 3.05) is 6.79 Å². The summed E-state index contributed by atoms with van der Waals surface area (Å²) in [6, 6.07) is 12.1. The molecule has 5 rings (SSSR count). The lowest BCUT2D eigenvalue weighted by Crippen LogP contribution is -2.39. The van der Waals surface area contributed by atoms with E-state index in [1.807, 2.05) is 18.2 Å². The summed E-state index contributed by atoms with van der Waals surface area (Å²) < 4.78 is 11.8. The Bertz CT molecular complexity index is 1040. The quantitative estimate of drug-likeness (QED) is 0.667. The number of aromatic nitrogens is 1. The van der Waals surface area contributed by atoms with Gasteiger partial charge in [0, 0.05) is 27.1 Å². The van der Waals surface area contributed by atoms with E-state index in [4.69, 9.17) is 9.47 Å². The Kier molecular flexibility index (Phi) is 4.08. The number of hydrogen-bond donors (Lipinski definition) is 2. The number of aryl methyl sites for hydroxylation is 1. The molecule has 0 radical (unpaired) electrons. The molecule has 6 heteroatoms. The lowest BCUT2D eigenvalue weighted by Gasteiger charge is -2.23. The number of halogens is 1. The fourth-order valence-corrected chi connectivity index (χ4v) is 4.39. The molecule has 0 bridgehead atoms. The third-order valence-corrected chi connectivity index (χ3v) is 5.81. The molecule has 0 saturated heterocycles. The fourth-order valence-electron chi connectivity index (χ4n) is 4.03. The topological polar surface area (TPSA) is 63.4 Å². The van der Waals surface area contributed by atoms with Gasteiger partial charge in [-0.2, -0.15) is 0 Å². The summed E-state index contributed by atoms with van der Waals surface area (Å²) in [4.78, 5) is 16.1. The Morgan fingerprint density at radius 3 is 3.00 bits per heavy atom. The van der Waals surface area contributed by atoms with Crippen LogP contribution in [0.4, 0.5) is 0 Å². The van der Waals surface area contributed by atoms with Crippen LogP contribution in [-0.2, 0) is 24.1 Å². The molecule has 0 fully saturated rings. The Morgan fingerprint density at radius 1 is 1.19 bits per heavy atom. The highest BCUT2D eigenvalue weighted by atomic mass is 79.9. The minimum atomic E-state index is 0.0448. The average Bonchev–Trinajstić information content (AvgIpc) is 3.25. The van der Waals surface area contributed by atoms with Crippen molar-refractivity contribution in [3.8, 4) is 11.5 Å². The SMILES string of the molecule is O=C(Cc1ccc2c(c1)OCO2)NC1CCc2[nH]c3ccc(Br)cc3c2C1. The van der Waals surface area contributed by atoms with E-state index in [0.717, 1.165) is 40.6 Å². The Labute approximate surface area is 165 Å². The number of carbonyl (C=O) groups excluding carboxylic acids is 1. The second kappa shape index (κ2) is 6.60. The van der Waals surface area contributed by atoms with Gasteiger partial charge in [-0.3, -0.25) is 4.79 Å². The summed E-state index contributed by atoms with van der Waals surface area (Å²) in [5.74, 6) is 1.50. The molecule has 2 heterocycles. The number of fused-ring (bicyclic) bond motifs is 4. The number of rotatable bonds is 3. The number of benzene rings is 2. The van der Waals surface area contributed by atoms with E-state index < -0.39 is 0 Å². The first-order valence-corrected chi connectivity index (χ1v) is 9.92. The first-order chi connectivity index (χ1) is 13.2. The number of H-pyrrole nitrogens is 1. The lowest BCUT2D eigenvalue weighted by molar-refractivity contribution is -0.121. The summed E-state index contributed by atoms with van der Waals surface area (Å²) >= 11 is 3.56. The van der Waals surface area contributed by atoms with Crippen LogP contribution in [-0.4, -0.2) is 23.7 Å². The molecule has 1 unspecified atom stereocenters. The van der Waals surface area contributed by atoms with Gasteiger partial charge >= 0.3 is 0 Å². The number of carbonyl (C=O) groups is 1. The molecule has 27 heavy (non-hydrogen) atoms. The van der Waals surface area contributed by atoms with Crippen LogP contribution in [0.5, 0.6) is 11.5 Å². The highest BCUT2D eigenvalue weighted by molar-refractivity contribution is 9.10. The predicted octanol–water partition coefficient (Wildman–Crippen LogP) is 3.88. The van der Waals surface area contributed by atoms with Crippen molar-refractivity contribution in [2.45, 2.75) is 31.7 Å². The molecule has 2 N–H and O–H groups in total. The van der Waals surface area contributed by atoms with Gasteiger partial charge in [0.1, 0.15) is 0 Å². The zero-order chi connectivity index (χ0) is 18.4. The van der Waals surface area contributed by atoms with Gasteiger partial charge in [0.25, 0.3) is 0 Å². The second-order valence-corrected chi connectivity index (χ2v) is 8.06. The normalized spacial score (nSPS) is 17.7. The van der Waals surface area contributed by atoms with Crippen molar-refractivity contribution in [1.29, 1.82) is 0 Å². The summed E-state index contributed by atoms with van der Waals surface area (Å²) in [6.45, 7) is 0.246. The maximum Gasteiger partial charge on any atom is 0.231 e. The third-order valence-electron chi connectivity index (χ3n) is 5.32. The molecule has 3 aromatic rings. The van der Waals surface area contributed by atoms with Crippen LogP contribution in [0.1, 0.15) is 23.2 Å². The standard InChI is InChI=1S/C21H19BrN2O3/c22-13-2-4-17-15(9-13)16-10-14(3-5-18(16)24-17)23-21(25)8-12-1-6-19-20(7-12)27-11-26-19/h1-2,4,6-7,9,14,24H,3,5,8,10-11H2,(H,23,25). The van der Waals surface area contributed by atoms with Crippen LogP contribution in [0.3, 0.4) is 0 Å². The summed E-state index contributed by atoms with van der Waals surface area (Å²) in [5.41, 5.74) is 4.72. The largest absolute Gasteiger partial charge is 0.454 e. The van der Waals surface area contributed by atoms with Crippen molar-refractivity contribution >= 4 is 32.7 Å². The molecule has 1 atom stereocenters. The molecule has 2 aliphatic rings. The zero-order valence-electron chi connectivity index (χ0n) is 14.7. The van der Waals surface area contributed by atoms with Crippen LogP contribution in [0.15, 0.2) is 40.9 Å². The van der Waals surface area contributed by atoms with Gasteiger partial charge < -0.3 is 19.8 Å². The Morgan fingerprint density at radius 2 is 2.07 bits per heavy atom. The number of hydrogen-bond acceptors (Lipinski definition) is 3. The van der Waals surface area contributed by atoms with Gasteiger partial charge in [-0.05, 0) is 60.7 Å². The highest BCUT2D eigenvalue weighted by Gasteiger charge is 2.24. The molecule has 138 valence electrons. The fraction of sp³-hybridized carbons (Fsp3) is 0.286. The number of aromatic amines is 1. The first-order valence-electron chi connectivity index (χ1n) is 9.12. The van der Waals surface area contributed by atoms with E-state index in [1.54, 1.807) is 0 Å². The van der Waals surface area contributed by atoms with E-state index in [0.29, 0.717) is 12.2 Å². The van der Waals surface area contributed by atoms with Crippen molar-refractivity contribution in [3.63, 3.8) is 0 Å². The molecule has 0 saturated carbocycles. The maximum atomic E-state index is 12.6. The molecule has 5 nitrogen and oxygen atoms in total. The summed E-state index contributed by atoms with van der Waals surface area (Å²) in [6.07, 6.45) is 3.11. The molecule has 1 amide bonds. The van der Waals surface area contributed by atoms with Gasteiger partial charge in [0.05, 0.1) is 6.42 Å². The predicted molar refractivity (Wildman–Crippen MR) is 106 cm³/mol. The van der Waals surface area contributed by atoms with Crippen molar-refractivity contribution < 1.29 is 14.3 Å². The van der Waals surface area contributed by atoms with Crippen LogP contribution in [0.2, 0.25) is 0 Å². The zero-order valence-corrected chi connectivity index (χ0v) is 16.3. The third kappa shape index (κ3) is 3.18. The molecular weight excluding hydrogens is 408 g/mol. The van der Waals surface area contributed by atoms with Crippen LogP contribution in [0, 0.1) is 0 Å². The molecule has 1 aliphatic heterocycles. The van der Waals surface area contributed by atoms with Gasteiger partial charge in [-0.15, -0.1) is 0 Å². The van der Waals surface area contributed by atoms with Gasteiger partial charge in [-0.1, -0.05) is 22.0 Å². The van der Waals surface area contributed by atoms with Crippen molar-refractivity contribution in [3.05, 3.63) is 57.7 Å². The molecule has 1 aromatic heterocycles. The van der Waals surface area contributed by atoms with Gasteiger partial charge in [0.15, 0.2) is 11.5 Å². The monoisotopic (exact) mass is 426 g/mol. The Balaban J connectivity index is 1.28. The number of nitrogens with one attached hydrogen (secondary N) is 2. The lowest BCUT2D eigenvalue weighted by atomic mass is 9.91. The van der Waals surface area contributed by atoms with Crippen LogP contribution in [0.25, 0.3) is 10.9 Å². The molecular formula is C21H19BrN2O3. The Hall–Kier alpha value is -2.47. The van der Waals surface area contributed by atoms with Gasteiger partial charge in [0.2, 0.25) is 12.7 Å². The number of ether oxygens (including phenoxy) is 2. The van der Waals surface area contributed by atoms with E-state index in [1.165, 1.54) is 16.6 Å². The minimum Gasteiger partial charge on any atom is -0.454 e. The highest BCUT2D eigenvalue weighted by Crippen LogP contribution is 2.33. The van der Waals surface area contributed by atoms with Gasteiger partial charge in [-0.25, -0.2) is 0 Å². The average molecular weight is 427 g/mol. The van der Waals surface area contributed by atoms with Crippen LogP contribution >= 0.6 is 15.9 Å². The number of amides is 1. The molecule has 1 aliphatic carbocycles. The van der Waals surface area contributed by atoms with E-state index in [9.17, 15) is 4.79 Å². The summed E-state index contributed by atoms with van der Waals surface area (Å²) in [7, 11) is 0. The summed E-state index contributed by atoms with van der Waals surface area (Å²) in [5, 5.41) is 4.45. The van der Waals surface area contributed by atoms with Crippen LogP contribution < -0.4 is 14.8 Å². The van der Waals surface area contributed by atoms with Crippen molar-refractivity contribution in [2.24, 2.45) is 0 Å². The first kappa shape index (κ1) is 16.7. The van der Waals surface area contributed by atoms with E-state index in [2.05, 4.69) is 44.4 Å². The second-order valence-electron chi connectivity index (χ2n) is 7.14. The smallest absolute Gasteiger partial charge is 0.231 e. The molecule has 2 aromatic carbocycles. The maximum absolute atomic E-state index is 12.6. The van der Waals surface area contributed by atoms with E-state index in [-0.39, 0.29) is 18.7 Å².